The predicted octanol–water partition coefficient (Wildman–Crippen LogP) is 4.07. The van der Waals surface area contributed by atoms with Crippen LogP contribution in [-0.4, -0.2) is 0 Å². The van der Waals surface area contributed by atoms with Gasteiger partial charge in [0.15, 0.2) is 0 Å². The van der Waals surface area contributed by atoms with Gasteiger partial charge >= 0.3 is 6.18 Å². The Labute approximate surface area is 82.2 Å². The van der Waals surface area contributed by atoms with E-state index in [1.165, 1.54) is 12.1 Å². The van der Waals surface area contributed by atoms with Crippen LogP contribution in [0.3, 0.4) is 0 Å². The van der Waals surface area contributed by atoms with Crippen LogP contribution in [0.15, 0.2) is 29.3 Å². The molecule has 4 heteroatoms. The van der Waals surface area contributed by atoms with Crippen molar-refractivity contribution in [2.75, 3.05) is 0 Å². The fourth-order valence-electron chi connectivity index (χ4n) is 0.856. The fraction of sp³-hybridized carbons (Fsp3) is 0.111. The molecular weight excluding hydrogens is 245 g/mol. The van der Waals surface area contributed by atoms with E-state index in [-0.39, 0.29) is 0 Å². The fourth-order valence-corrected chi connectivity index (χ4v) is 1.16. The largest absolute Gasteiger partial charge is 0.416 e. The molecular formula is C9H6BrF3. The first-order chi connectivity index (χ1) is 6.04. The van der Waals surface area contributed by atoms with Crippen molar-refractivity contribution in [1.29, 1.82) is 0 Å². The highest BCUT2D eigenvalue weighted by atomic mass is 79.9. The van der Waals surface area contributed by atoms with E-state index in [0.717, 1.165) is 17.7 Å². The highest BCUT2D eigenvalue weighted by Gasteiger charge is 2.29. The van der Waals surface area contributed by atoms with E-state index in [1.54, 1.807) is 11.1 Å². The Bertz CT molecular complexity index is 298. The van der Waals surface area contributed by atoms with Gasteiger partial charge in [0.05, 0.1) is 5.56 Å². The molecule has 1 aromatic rings. The molecule has 0 heterocycles. The standard InChI is InChI=1S/C9H6BrF3/c10-6-5-7-1-3-8(4-2-7)9(11,12)13/h1-6H. The van der Waals surface area contributed by atoms with Gasteiger partial charge in [-0.2, -0.15) is 13.2 Å². The molecule has 0 saturated carbocycles. The van der Waals surface area contributed by atoms with Crippen LogP contribution < -0.4 is 0 Å². The lowest BCUT2D eigenvalue weighted by atomic mass is 10.1. The lowest BCUT2D eigenvalue weighted by Crippen LogP contribution is -2.03. The summed E-state index contributed by atoms with van der Waals surface area (Å²) in [6.45, 7) is 0. The van der Waals surface area contributed by atoms with Gasteiger partial charge in [-0.3, -0.25) is 0 Å². The molecule has 70 valence electrons. The van der Waals surface area contributed by atoms with Gasteiger partial charge in [0, 0.05) is 0 Å². The smallest absolute Gasteiger partial charge is 0.166 e. The van der Waals surface area contributed by atoms with E-state index in [1.807, 2.05) is 0 Å². The van der Waals surface area contributed by atoms with Gasteiger partial charge < -0.3 is 0 Å². The summed E-state index contributed by atoms with van der Waals surface area (Å²) < 4.78 is 36.2. The third-order valence-corrected chi connectivity index (χ3v) is 1.76. The van der Waals surface area contributed by atoms with Crippen molar-refractivity contribution in [3.8, 4) is 0 Å². The molecule has 0 bridgehead atoms. The first-order valence-corrected chi connectivity index (χ1v) is 4.39. The van der Waals surface area contributed by atoms with E-state index in [4.69, 9.17) is 0 Å². The van der Waals surface area contributed by atoms with Crippen molar-refractivity contribution < 1.29 is 13.2 Å². The minimum absolute atomic E-state index is 0.626. The average molecular weight is 251 g/mol. The first kappa shape index (κ1) is 10.3. The molecule has 0 amide bonds. The molecule has 0 N–H and O–H groups in total. The van der Waals surface area contributed by atoms with Crippen LogP contribution in [0.5, 0.6) is 0 Å². The average Bonchev–Trinajstić information content (AvgIpc) is 2.04. The van der Waals surface area contributed by atoms with Gasteiger partial charge in [-0.05, 0) is 28.8 Å². The maximum atomic E-state index is 12.1. The summed E-state index contributed by atoms with van der Waals surface area (Å²) in [7, 11) is 0. The lowest BCUT2D eigenvalue weighted by molar-refractivity contribution is -0.137. The van der Waals surface area contributed by atoms with Crippen LogP contribution in [0, 0.1) is 0 Å². The Morgan fingerprint density at radius 2 is 1.62 bits per heavy atom. The van der Waals surface area contributed by atoms with Gasteiger partial charge in [-0.15, -0.1) is 0 Å². The monoisotopic (exact) mass is 250 g/mol. The highest BCUT2D eigenvalue weighted by molar-refractivity contribution is 9.11. The summed E-state index contributed by atoms with van der Waals surface area (Å²) in [6, 6.07) is 4.95. The minimum atomic E-state index is -4.25. The molecule has 0 aromatic heterocycles. The molecule has 0 radical (unpaired) electrons. The van der Waals surface area contributed by atoms with Gasteiger partial charge in [0.25, 0.3) is 0 Å². The maximum Gasteiger partial charge on any atom is 0.416 e. The molecule has 0 nitrogen and oxygen atoms in total. The molecule has 0 unspecified atom stereocenters. The number of alkyl halides is 3. The molecule has 13 heavy (non-hydrogen) atoms. The molecule has 0 aliphatic carbocycles. The molecule has 0 fully saturated rings. The third-order valence-electron chi connectivity index (χ3n) is 1.49. The van der Waals surface area contributed by atoms with Crippen molar-refractivity contribution in [2.45, 2.75) is 6.18 Å². The van der Waals surface area contributed by atoms with Crippen LogP contribution >= 0.6 is 15.9 Å². The van der Waals surface area contributed by atoms with Gasteiger partial charge in [-0.25, -0.2) is 0 Å². The van der Waals surface area contributed by atoms with Crippen molar-refractivity contribution in [2.24, 2.45) is 0 Å². The zero-order chi connectivity index (χ0) is 9.90. The van der Waals surface area contributed by atoms with Crippen LogP contribution in [0.25, 0.3) is 6.08 Å². The van der Waals surface area contributed by atoms with E-state index in [2.05, 4.69) is 15.9 Å². The quantitative estimate of drug-likeness (QED) is 0.705. The molecule has 0 aliphatic heterocycles. The van der Waals surface area contributed by atoms with E-state index >= 15 is 0 Å². The van der Waals surface area contributed by atoms with Gasteiger partial charge in [0.2, 0.25) is 0 Å². The number of halogens is 4. The van der Waals surface area contributed by atoms with E-state index in [0.29, 0.717) is 0 Å². The van der Waals surface area contributed by atoms with E-state index in [9.17, 15) is 13.2 Å². The second-order valence-electron chi connectivity index (χ2n) is 2.41. The Balaban J connectivity index is 2.94. The van der Waals surface area contributed by atoms with Gasteiger partial charge in [-0.1, -0.05) is 28.1 Å². The molecule has 0 atom stereocenters. The van der Waals surface area contributed by atoms with Crippen molar-refractivity contribution in [3.63, 3.8) is 0 Å². The van der Waals surface area contributed by atoms with Crippen LogP contribution in [0.2, 0.25) is 0 Å². The normalized spacial score (nSPS) is 12.3. The zero-order valence-electron chi connectivity index (χ0n) is 6.48. The number of hydrogen-bond donors (Lipinski definition) is 0. The predicted molar refractivity (Wildman–Crippen MR) is 49.4 cm³/mol. The number of rotatable bonds is 1. The summed E-state index contributed by atoms with van der Waals surface area (Å²) in [4.78, 5) is 1.59. The summed E-state index contributed by atoms with van der Waals surface area (Å²) >= 11 is 3.04. The third kappa shape index (κ3) is 2.88. The zero-order valence-corrected chi connectivity index (χ0v) is 8.06. The molecule has 1 aromatic carbocycles. The molecule has 0 spiro atoms. The number of hydrogen-bond acceptors (Lipinski definition) is 0. The summed E-state index contributed by atoms with van der Waals surface area (Å²) in [5.41, 5.74) is 0.101. The van der Waals surface area contributed by atoms with Gasteiger partial charge in [0.1, 0.15) is 0 Å². The van der Waals surface area contributed by atoms with Crippen molar-refractivity contribution in [3.05, 3.63) is 40.4 Å². The topological polar surface area (TPSA) is 0 Å². The highest BCUT2D eigenvalue weighted by Crippen LogP contribution is 2.29. The minimum Gasteiger partial charge on any atom is -0.166 e. The summed E-state index contributed by atoms with van der Waals surface area (Å²) in [6.07, 6.45) is -2.59. The maximum absolute atomic E-state index is 12.1. The molecule has 0 aliphatic rings. The SMILES string of the molecule is FC(F)(F)c1ccc(C=CBr)cc1. The van der Waals surface area contributed by atoms with Crippen LogP contribution in [-0.2, 0) is 6.18 Å². The Morgan fingerprint density at radius 3 is 2.00 bits per heavy atom. The van der Waals surface area contributed by atoms with Crippen molar-refractivity contribution in [1.82, 2.24) is 0 Å². The lowest BCUT2D eigenvalue weighted by Gasteiger charge is -2.05. The number of benzene rings is 1. The Hall–Kier alpha value is -0.770. The van der Waals surface area contributed by atoms with Crippen molar-refractivity contribution >= 4 is 22.0 Å². The summed E-state index contributed by atoms with van der Waals surface area (Å²) in [5, 5.41) is 0. The second-order valence-corrected chi connectivity index (χ2v) is 2.94. The first-order valence-electron chi connectivity index (χ1n) is 3.48. The Kier molecular flexibility index (Phi) is 3.14. The summed E-state index contributed by atoms with van der Waals surface area (Å²) in [5.74, 6) is 0. The molecule has 1 rings (SSSR count). The van der Waals surface area contributed by atoms with Crippen LogP contribution in [0.4, 0.5) is 13.2 Å². The van der Waals surface area contributed by atoms with E-state index < -0.39 is 11.7 Å². The molecule has 0 saturated heterocycles. The Morgan fingerprint density at radius 1 is 1.08 bits per heavy atom. The second kappa shape index (κ2) is 3.96. The van der Waals surface area contributed by atoms with Crippen LogP contribution in [0.1, 0.15) is 11.1 Å².